The monoisotopic (exact) mass is 537 g/mol. The largest absolute Gasteiger partial charge is 0.493 e. The van der Waals surface area contributed by atoms with Crippen LogP contribution in [-0.2, 0) is 20.9 Å². The fraction of sp³-hybridized carbons (Fsp3) is 0.294. The SMILES string of the molecule is COc1cc(C2C(C(=O)OC(C)C)=C(C)NC3=C2C(=O)CC(c2ccccc2)C3)ccc1OCc1ccccc1. The molecule has 40 heavy (non-hydrogen) atoms. The van der Waals surface area contributed by atoms with Crippen molar-refractivity contribution >= 4 is 11.8 Å². The van der Waals surface area contributed by atoms with Crippen LogP contribution in [0.5, 0.6) is 11.5 Å². The summed E-state index contributed by atoms with van der Waals surface area (Å²) in [5.41, 5.74) is 5.57. The average molecular weight is 538 g/mol. The topological polar surface area (TPSA) is 73.9 Å². The number of methoxy groups -OCH3 is 1. The molecular formula is C34H35NO5. The van der Waals surface area contributed by atoms with Crippen LogP contribution in [0, 0.1) is 0 Å². The molecule has 3 aromatic carbocycles. The zero-order valence-corrected chi connectivity index (χ0v) is 23.4. The molecule has 0 amide bonds. The molecule has 5 rings (SSSR count). The standard InChI is InChI=1S/C34H35NO5/c1-21(2)40-34(37)31-22(3)35-27-17-26(24-13-9-6-10-14-24)18-28(36)33(27)32(31)25-15-16-29(30(19-25)38-4)39-20-23-11-7-5-8-12-23/h5-16,19,21,26,32,35H,17-18,20H2,1-4H3. The number of hydrogen-bond acceptors (Lipinski definition) is 6. The minimum atomic E-state index is -0.580. The molecule has 0 saturated heterocycles. The molecule has 0 saturated carbocycles. The molecule has 0 radical (unpaired) electrons. The van der Waals surface area contributed by atoms with Gasteiger partial charge in [0.05, 0.1) is 18.8 Å². The normalized spacial score (nSPS) is 18.8. The summed E-state index contributed by atoms with van der Waals surface area (Å²) in [5, 5.41) is 3.41. The molecule has 1 aliphatic carbocycles. The summed E-state index contributed by atoms with van der Waals surface area (Å²) in [6, 6.07) is 25.6. The Bertz CT molecular complexity index is 1460. The Kier molecular flexibility index (Phi) is 8.06. The first kappa shape index (κ1) is 27.3. The van der Waals surface area contributed by atoms with Crippen LogP contribution in [-0.4, -0.2) is 25.0 Å². The summed E-state index contributed by atoms with van der Waals surface area (Å²) in [6.07, 6.45) is 0.764. The summed E-state index contributed by atoms with van der Waals surface area (Å²) in [5.74, 6) is 0.207. The van der Waals surface area contributed by atoms with E-state index in [1.54, 1.807) is 7.11 Å². The predicted molar refractivity (Wildman–Crippen MR) is 154 cm³/mol. The maximum absolute atomic E-state index is 13.8. The molecule has 1 heterocycles. The smallest absolute Gasteiger partial charge is 0.337 e. The molecule has 1 aliphatic heterocycles. The molecule has 0 spiro atoms. The Balaban J connectivity index is 1.54. The predicted octanol–water partition coefficient (Wildman–Crippen LogP) is 6.59. The second-order valence-electron chi connectivity index (χ2n) is 10.6. The van der Waals surface area contributed by atoms with E-state index in [-0.39, 0.29) is 17.8 Å². The number of esters is 1. The van der Waals surface area contributed by atoms with Crippen molar-refractivity contribution in [3.8, 4) is 11.5 Å². The molecule has 1 N–H and O–H groups in total. The molecule has 206 valence electrons. The number of allylic oxidation sites excluding steroid dienone is 3. The van der Waals surface area contributed by atoms with Gasteiger partial charge in [0.25, 0.3) is 0 Å². The molecular weight excluding hydrogens is 502 g/mol. The Morgan fingerprint density at radius 1 is 0.925 bits per heavy atom. The lowest BCUT2D eigenvalue weighted by Gasteiger charge is -2.37. The Morgan fingerprint density at radius 2 is 1.62 bits per heavy atom. The van der Waals surface area contributed by atoms with Gasteiger partial charge in [-0.05, 0) is 61.9 Å². The third-order valence-electron chi connectivity index (χ3n) is 7.42. The van der Waals surface area contributed by atoms with Gasteiger partial charge >= 0.3 is 5.97 Å². The van der Waals surface area contributed by atoms with Gasteiger partial charge in [-0.1, -0.05) is 66.7 Å². The third-order valence-corrected chi connectivity index (χ3v) is 7.42. The number of nitrogens with one attached hydrogen (secondary N) is 1. The van der Waals surface area contributed by atoms with Crippen LogP contribution < -0.4 is 14.8 Å². The first-order chi connectivity index (χ1) is 19.4. The van der Waals surface area contributed by atoms with Crippen LogP contribution in [0.4, 0.5) is 0 Å². The Morgan fingerprint density at radius 3 is 2.30 bits per heavy atom. The molecule has 6 nitrogen and oxygen atoms in total. The summed E-state index contributed by atoms with van der Waals surface area (Å²) in [4.78, 5) is 27.3. The van der Waals surface area contributed by atoms with Crippen molar-refractivity contribution in [2.24, 2.45) is 0 Å². The molecule has 0 aromatic heterocycles. The van der Waals surface area contributed by atoms with Crippen molar-refractivity contribution in [1.82, 2.24) is 5.32 Å². The number of ketones is 1. The maximum atomic E-state index is 13.8. The lowest BCUT2D eigenvalue weighted by Crippen LogP contribution is -2.36. The molecule has 6 heteroatoms. The highest BCUT2D eigenvalue weighted by atomic mass is 16.5. The quantitative estimate of drug-likeness (QED) is 0.327. The maximum Gasteiger partial charge on any atom is 0.337 e. The number of carbonyl (C=O) groups is 2. The van der Waals surface area contributed by atoms with Crippen molar-refractivity contribution < 1.29 is 23.8 Å². The van der Waals surface area contributed by atoms with E-state index in [0.717, 1.165) is 22.4 Å². The molecule has 0 fully saturated rings. The minimum Gasteiger partial charge on any atom is -0.493 e. The molecule has 0 bridgehead atoms. The zero-order valence-electron chi connectivity index (χ0n) is 23.4. The van der Waals surface area contributed by atoms with E-state index in [0.29, 0.717) is 47.8 Å². The number of benzene rings is 3. The van der Waals surface area contributed by atoms with E-state index < -0.39 is 11.9 Å². The van der Waals surface area contributed by atoms with E-state index in [2.05, 4.69) is 17.4 Å². The van der Waals surface area contributed by atoms with Crippen molar-refractivity contribution in [3.05, 3.63) is 118 Å². The van der Waals surface area contributed by atoms with E-state index >= 15 is 0 Å². The highest BCUT2D eigenvalue weighted by Gasteiger charge is 2.41. The Labute approximate surface area is 235 Å². The van der Waals surface area contributed by atoms with Gasteiger partial charge in [0.2, 0.25) is 0 Å². The second-order valence-corrected chi connectivity index (χ2v) is 10.6. The van der Waals surface area contributed by atoms with Crippen LogP contribution >= 0.6 is 0 Å². The Hall–Kier alpha value is -4.32. The number of rotatable bonds is 8. The minimum absolute atomic E-state index is 0.0262. The van der Waals surface area contributed by atoms with Crippen molar-refractivity contribution in [2.45, 2.75) is 58.2 Å². The first-order valence-electron chi connectivity index (χ1n) is 13.7. The lowest BCUT2D eigenvalue weighted by molar-refractivity contribution is -0.143. The zero-order chi connectivity index (χ0) is 28.2. The molecule has 2 unspecified atom stereocenters. The van der Waals surface area contributed by atoms with Crippen LogP contribution in [0.15, 0.2) is 101 Å². The summed E-state index contributed by atoms with van der Waals surface area (Å²) >= 11 is 0. The summed E-state index contributed by atoms with van der Waals surface area (Å²) in [7, 11) is 1.59. The van der Waals surface area contributed by atoms with Gasteiger partial charge in [0, 0.05) is 29.3 Å². The highest BCUT2D eigenvalue weighted by molar-refractivity contribution is 6.04. The second kappa shape index (κ2) is 11.8. The average Bonchev–Trinajstić information content (AvgIpc) is 2.95. The first-order valence-corrected chi connectivity index (χ1v) is 13.7. The van der Waals surface area contributed by atoms with Crippen LogP contribution in [0.2, 0.25) is 0 Å². The number of dihydropyridines is 1. The van der Waals surface area contributed by atoms with Gasteiger partial charge in [-0.15, -0.1) is 0 Å². The number of hydrogen-bond donors (Lipinski definition) is 1. The lowest BCUT2D eigenvalue weighted by atomic mass is 9.71. The van der Waals surface area contributed by atoms with Crippen molar-refractivity contribution in [1.29, 1.82) is 0 Å². The van der Waals surface area contributed by atoms with Crippen LogP contribution in [0.25, 0.3) is 0 Å². The van der Waals surface area contributed by atoms with Crippen LogP contribution in [0.1, 0.15) is 62.1 Å². The van der Waals surface area contributed by atoms with Crippen LogP contribution in [0.3, 0.4) is 0 Å². The van der Waals surface area contributed by atoms with E-state index in [4.69, 9.17) is 14.2 Å². The summed E-state index contributed by atoms with van der Waals surface area (Å²) < 4.78 is 17.5. The van der Waals surface area contributed by atoms with E-state index in [1.807, 2.05) is 87.5 Å². The molecule has 2 aliphatic rings. The van der Waals surface area contributed by atoms with Gasteiger partial charge < -0.3 is 19.5 Å². The fourth-order valence-corrected chi connectivity index (χ4v) is 5.60. The van der Waals surface area contributed by atoms with Gasteiger partial charge in [0.1, 0.15) is 6.61 Å². The van der Waals surface area contributed by atoms with E-state index in [9.17, 15) is 9.59 Å². The molecule has 3 aromatic rings. The van der Waals surface area contributed by atoms with Gasteiger partial charge in [-0.3, -0.25) is 4.79 Å². The van der Waals surface area contributed by atoms with Gasteiger partial charge in [0.15, 0.2) is 17.3 Å². The fourth-order valence-electron chi connectivity index (χ4n) is 5.60. The van der Waals surface area contributed by atoms with Gasteiger partial charge in [-0.25, -0.2) is 4.79 Å². The van der Waals surface area contributed by atoms with Gasteiger partial charge in [-0.2, -0.15) is 0 Å². The number of ether oxygens (including phenoxy) is 3. The third kappa shape index (κ3) is 5.67. The van der Waals surface area contributed by atoms with Crippen molar-refractivity contribution in [3.63, 3.8) is 0 Å². The summed E-state index contributed by atoms with van der Waals surface area (Å²) in [6.45, 7) is 5.91. The van der Waals surface area contributed by atoms with E-state index in [1.165, 1.54) is 0 Å². The number of Topliss-reactive ketones (excluding diaryl/α,β-unsaturated/α-hetero) is 1. The molecule has 2 atom stereocenters. The highest BCUT2D eigenvalue weighted by Crippen LogP contribution is 2.47. The number of carbonyl (C=O) groups excluding carboxylic acids is 2. The van der Waals surface area contributed by atoms with Crippen molar-refractivity contribution in [2.75, 3.05) is 7.11 Å².